The first kappa shape index (κ1) is 15.5. The summed E-state index contributed by atoms with van der Waals surface area (Å²) in [4.78, 5) is 24.4. The van der Waals surface area contributed by atoms with Gasteiger partial charge in [-0.05, 0) is 38.2 Å². The van der Waals surface area contributed by atoms with Crippen LogP contribution in [0.2, 0.25) is 0 Å². The van der Waals surface area contributed by atoms with E-state index < -0.39 is 5.97 Å². The third-order valence-corrected chi connectivity index (χ3v) is 3.78. The second kappa shape index (κ2) is 7.19. The molecule has 2 rings (SSSR count). The standard InChI is InChI=1S/C16H19NO4/c1-2-21-16(19)15-12-7-9-20-8-6-11(12)4-3-5-14(18)13(15)10-17/h2-9H2,1H3/b15-13+. The van der Waals surface area contributed by atoms with E-state index in [1.165, 1.54) is 0 Å². The highest BCUT2D eigenvalue weighted by atomic mass is 16.5. The zero-order valence-electron chi connectivity index (χ0n) is 12.2. The van der Waals surface area contributed by atoms with Gasteiger partial charge in [0.1, 0.15) is 11.6 Å². The molecule has 0 bridgehead atoms. The molecule has 0 aromatic heterocycles. The molecule has 112 valence electrons. The van der Waals surface area contributed by atoms with Crippen molar-refractivity contribution in [2.45, 2.75) is 39.0 Å². The van der Waals surface area contributed by atoms with E-state index in [2.05, 4.69) is 0 Å². The molecule has 0 amide bonds. The molecular weight excluding hydrogens is 270 g/mol. The molecule has 5 nitrogen and oxygen atoms in total. The molecule has 0 saturated carbocycles. The monoisotopic (exact) mass is 289 g/mol. The Morgan fingerprint density at radius 3 is 2.76 bits per heavy atom. The van der Waals surface area contributed by atoms with Crippen molar-refractivity contribution in [1.29, 1.82) is 5.26 Å². The summed E-state index contributed by atoms with van der Waals surface area (Å²) in [7, 11) is 0. The maximum absolute atomic E-state index is 12.3. The van der Waals surface area contributed by atoms with Crippen molar-refractivity contribution < 1.29 is 19.1 Å². The fourth-order valence-electron chi connectivity index (χ4n) is 2.80. The highest BCUT2D eigenvalue weighted by molar-refractivity contribution is 6.09. The van der Waals surface area contributed by atoms with Crippen molar-refractivity contribution in [1.82, 2.24) is 0 Å². The Labute approximate surface area is 124 Å². The molecule has 0 unspecified atom stereocenters. The minimum atomic E-state index is -0.571. The number of hydrogen-bond donors (Lipinski definition) is 0. The summed E-state index contributed by atoms with van der Waals surface area (Å²) in [5, 5.41) is 9.34. The summed E-state index contributed by atoms with van der Waals surface area (Å²) >= 11 is 0. The van der Waals surface area contributed by atoms with Gasteiger partial charge in [-0.3, -0.25) is 4.79 Å². The number of carbonyl (C=O) groups excluding carboxylic acids is 2. The van der Waals surface area contributed by atoms with Crippen LogP contribution >= 0.6 is 0 Å². The van der Waals surface area contributed by atoms with Crippen LogP contribution in [0.15, 0.2) is 22.3 Å². The summed E-state index contributed by atoms with van der Waals surface area (Å²) in [6.07, 6.45) is 3.06. The lowest BCUT2D eigenvalue weighted by Gasteiger charge is -2.18. The Balaban J connectivity index is 2.59. The van der Waals surface area contributed by atoms with Crippen LogP contribution < -0.4 is 0 Å². The summed E-state index contributed by atoms with van der Waals surface area (Å²) in [5.74, 6) is -0.837. The van der Waals surface area contributed by atoms with E-state index in [1.54, 1.807) is 6.92 Å². The Bertz CT molecular complexity index is 551. The molecule has 0 atom stereocenters. The third kappa shape index (κ3) is 3.40. The van der Waals surface area contributed by atoms with Gasteiger partial charge in [0.05, 0.1) is 25.4 Å². The maximum atomic E-state index is 12.3. The van der Waals surface area contributed by atoms with Crippen LogP contribution in [0.3, 0.4) is 0 Å². The van der Waals surface area contributed by atoms with Crippen LogP contribution in [-0.2, 0) is 19.1 Å². The molecule has 0 saturated heterocycles. The largest absolute Gasteiger partial charge is 0.462 e. The van der Waals surface area contributed by atoms with Crippen LogP contribution in [-0.4, -0.2) is 31.6 Å². The second-order valence-electron chi connectivity index (χ2n) is 5.05. The zero-order chi connectivity index (χ0) is 15.2. The van der Waals surface area contributed by atoms with Gasteiger partial charge in [0.25, 0.3) is 0 Å². The van der Waals surface area contributed by atoms with Crippen LogP contribution in [0.5, 0.6) is 0 Å². The number of Topliss-reactive ketones (excluding diaryl/α,β-unsaturated/α-hetero) is 1. The molecule has 0 aromatic carbocycles. The summed E-state index contributed by atoms with van der Waals surface area (Å²) in [5.41, 5.74) is 2.03. The molecule has 0 N–H and O–H groups in total. The van der Waals surface area contributed by atoms with Gasteiger partial charge in [0.15, 0.2) is 5.78 Å². The van der Waals surface area contributed by atoms with Crippen molar-refractivity contribution >= 4 is 11.8 Å². The van der Waals surface area contributed by atoms with Crippen LogP contribution in [0.1, 0.15) is 39.0 Å². The van der Waals surface area contributed by atoms with E-state index in [0.29, 0.717) is 32.5 Å². The topological polar surface area (TPSA) is 76.4 Å². The number of nitrogens with zero attached hydrogens (tertiary/aromatic N) is 1. The molecule has 2 aliphatic rings. The lowest BCUT2D eigenvalue weighted by Crippen LogP contribution is -2.19. The quantitative estimate of drug-likeness (QED) is 0.729. The molecule has 1 heterocycles. The summed E-state index contributed by atoms with van der Waals surface area (Å²) in [6, 6.07) is 1.92. The number of nitriles is 1. The maximum Gasteiger partial charge on any atom is 0.339 e. The number of ether oxygens (including phenoxy) is 2. The molecule has 0 spiro atoms. The number of esters is 1. The Kier molecular flexibility index (Phi) is 5.29. The van der Waals surface area contributed by atoms with Gasteiger partial charge in [-0.2, -0.15) is 5.26 Å². The van der Waals surface area contributed by atoms with Crippen molar-refractivity contribution in [3.63, 3.8) is 0 Å². The smallest absolute Gasteiger partial charge is 0.339 e. The van der Waals surface area contributed by atoms with E-state index >= 15 is 0 Å². The average Bonchev–Trinajstić information content (AvgIpc) is 2.68. The van der Waals surface area contributed by atoms with Crippen LogP contribution in [0.25, 0.3) is 0 Å². The Morgan fingerprint density at radius 1 is 1.29 bits per heavy atom. The molecule has 0 fully saturated rings. The number of ketones is 1. The fourth-order valence-corrected chi connectivity index (χ4v) is 2.80. The molecule has 0 radical (unpaired) electrons. The second-order valence-corrected chi connectivity index (χ2v) is 5.05. The van der Waals surface area contributed by atoms with Crippen molar-refractivity contribution in [3.8, 4) is 6.07 Å². The summed E-state index contributed by atoms with van der Waals surface area (Å²) in [6.45, 7) is 3.04. The average molecular weight is 289 g/mol. The van der Waals surface area contributed by atoms with Crippen LogP contribution in [0, 0.1) is 11.3 Å². The van der Waals surface area contributed by atoms with E-state index in [0.717, 1.165) is 24.0 Å². The molecule has 5 heteroatoms. The van der Waals surface area contributed by atoms with Crippen molar-refractivity contribution in [3.05, 3.63) is 22.3 Å². The molecule has 1 aliphatic carbocycles. The third-order valence-electron chi connectivity index (χ3n) is 3.78. The first-order valence-corrected chi connectivity index (χ1v) is 7.32. The fraction of sp³-hybridized carbons (Fsp3) is 0.562. The molecule has 21 heavy (non-hydrogen) atoms. The van der Waals surface area contributed by atoms with Gasteiger partial charge < -0.3 is 9.47 Å². The normalized spacial score (nSPS) is 23.5. The Hall–Kier alpha value is -1.93. The summed E-state index contributed by atoms with van der Waals surface area (Å²) < 4.78 is 10.5. The first-order valence-electron chi connectivity index (χ1n) is 7.32. The first-order chi connectivity index (χ1) is 10.2. The molecule has 0 aromatic rings. The minimum Gasteiger partial charge on any atom is -0.462 e. The van der Waals surface area contributed by atoms with E-state index in [9.17, 15) is 14.9 Å². The molecular formula is C16H19NO4. The van der Waals surface area contributed by atoms with E-state index in [-0.39, 0.29) is 23.5 Å². The van der Waals surface area contributed by atoms with Crippen molar-refractivity contribution in [2.24, 2.45) is 0 Å². The number of allylic oxidation sites excluding steroid dienone is 1. The number of hydrogen-bond acceptors (Lipinski definition) is 5. The van der Waals surface area contributed by atoms with Crippen molar-refractivity contribution in [2.75, 3.05) is 19.8 Å². The highest BCUT2D eigenvalue weighted by Crippen LogP contribution is 2.32. The van der Waals surface area contributed by atoms with Gasteiger partial charge in [-0.15, -0.1) is 0 Å². The van der Waals surface area contributed by atoms with Gasteiger partial charge in [0, 0.05) is 6.42 Å². The predicted octanol–water partition coefficient (Wildman–Crippen LogP) is 2.23. The lowest BCUT2D eigenvalue weighted by atomic mass is 9.85. The lowest BCUT2D eigenvalue weighted by molar-refractivity contribution is -0.138. The number of rotatable bonds is 2. The van der Waals surface area contributed by atoms with Gasteiger partial charge in [0.2, 0.25) is 0 Å². The Morgan fingerprint density at radius 2 is 2.05 bits per heavy atom. The van der Waals surface area contributed by atoms with Gasteiger partial charge >= 0.3 is 5.97 Å². The van der Waals surface area contributed by atoms with Gasteiger partial charge in [-0.25, -0.2) is 4.79 Å². The predicted molar refractivity (Wildman–Crippen MR) is 75.2 cm³/mol. The van der Waals surface area contributed by atoms with E-state index in [4.69, 9.17) is 9.47 Å². The SMILES string of the molecule is CCOC(=O)/C1=C(\C#N)C(=O)CCCC2=C1CCOCC2. The van der Waals surface area contributed by atoms with Gasteiger partial charge in [-0.1, -0.05) is 5.57 Å². The molecule has 1 aliphatic heterocycles. The highest BCUT2D eigenvalue weighted by Gasteiger charge is 2.29. The minimum absolute atomic E-state index is 0.0532. The van der Waals surface area contributed by atoms with E-state index in [1.807, 2.05) is 6.07 Å². The van der Waals surface area contributed by atoms with Crippen LogP contribution in [0.4, 0.5) is 0 Å². The number of carbonyl (C=O) groups is 2. The zero-order valence-corrected chi connectivity index (χ0v) is 12.2.